The maximum absolute atomic E-state index is 13.4. The third-order valence-electron chi connectivity index (χ3n) is 5.98. The van der Waals surface area contributed by atoms with E-state index in [1.165, 1.54) is 0 Å². The second-order valence-electron chi connectivity index (χ2n) is 8.33. The van der Waals surface area contributed by atoms with Gasteiger partial charge in [0.1, 0.15) is 23.7 Å². The molecule has 34 heavy (non-hydrogen) atoms. The number of nitrogens with zero attached hydrogens (tertiary/aromatic N) is 2. The highest BCUT2D eigenvalue weighted by Gasteiger charge is 2.42. The number of aromatic amines is 1. The molecule has 2 aromatic carbocycles. The number of carbonyl (C=O) groups excluding carboxylic acids is 1. The summed E-state index contributed by atoms with van der Waals surface area (Å²) in [6.07, 6.45) is 2.09. The SMILES string of the molecule is C=CCOc1ccc(C2c3c(-c4cc(C)cc(C)c4O)n[nH]c3C(=O)N2CCCO)cc1OC. The minimum absolute atomic E-state index is 0.0367. The minimum Gasteiger partial charge on any atom is -0.507 e. The lowest BCUT2D eigenvalue weighted by Gasteiger charge is -2.27. The predicted molar refractivity (Wildman–Crippen MR) is 128 cm³/mol. The minimum atomic E-state index is -0.481. The molecule has 0 saturated heterocycles. The van der Waals surface area contributed by atoms with Gasteiger partial charge in [-0.15, -0.1) is 0 Å². The Hall–Kier alpha value is -3.78. The number of aromatic hydroxyl groups is 1. The van der Waals surface area contributed by atoms with E-state index >= 15 is 0 Å². The van der Waals surface area contributed by atoms with Crippen molar-refractivity contribution < 1.29 is 24.5 Å². The number of aryl methyl sites for hydroxylation is 2. The second-order valence-corrected chi connectivity index (χ2v) is 8.33. The molecule has 1 atom stereocenters. The Morgan fingerprint density at radius 3 is 2.74 bits per heavy atom. The molecule has 178 valence electrons. The number of aliphatic hydroxyl groups excluding tert-OH is 1. The van der Waals surface area contributed by atoms with Gasteiger partial charge in [0.2, 0.25) is 0 Å². The molecule has 1 unspecified atom stereocenters. The molecule has 8 nitrogen and oxygen atoms in total. The molecule has 1 aliphatic heterocycles. The van der Waals surface area contributed by atoms with Crippen molar-refractivity contribution in [2.75, 3.05) is 26.9 Å². The van der Waals surface area contributed by atoms with Gasteiger partial charge in [-0.3, -0.25) is 9.89 Å². The smallest absolute Gasteiger partial charge is 0.273 e. The average Bonchev–Trinajstić information content (AvgIpc) is 3.37. The predicted octanol–water partition coefficient (Wildman–Crippen LogP) is 3.90. The third kappa shape index (κ3) is 4.01. The van der Waals surface area contributed by atoms with Crippen molar-refractivity contribution in [2.45, 2.75) is 26.3 Å². The summed E-state index contributed by atoms with van der Waals surface area (Å²) in [6.45, 7) is 8.12. The summed E-state index contributed by atoms with van der Waals surface area (Å²) in [5.74, 6) is 1.02. The van der Waals surface area contributed by atoms with Crippen LogP contribution in [0.15, 0.2) is 43.0 Å². The molecule has 0 radical (unpaired) electrons. The van der Waals surface area contributed by atoms with Crippen molar-refractivity contribution >= 4 is 5.91 Å². The summed E-state index contributed by atoms with van der Waals surface area (Å²) in [4.78, 5) is 15.1. The lowest BCUT2D eigenvalue weighted by molar-refractivity contribution is 0.0732. The van der Waals surface area contributed by atoms with E-state index in [1.807, 2.05) is 38.1 Å². The number of phenolic OH excluding ortho intramolecular Hbond substituents is 1. The van der Waals surface area contributed by atoms with Crippen LogP contribution in [-0.2, 0) is 0 Å². The molecule has 1 aliphatic rings. The van der Waals surface area contributed by atoms with Crippen LogP contribution in [0.1, 0.15) is 45.2 Å². The van der Waals surface area contributed by atoms with Gasteiger partial charge in [-0.2, -0.15) is 5.10 Å². The van der Waals surface area contributed by atoms with E-state index in [1.54, 1.807) is 24.2 Å². The first-order chi connectivity index (χ1) is 16.4. The summed E-state index contributed by atoms with van der Waals surface area (Å²) >= 11 is 0. The number of benzene rings is 2. The quantitative estimate of drug-likeness (QED) is 0.416. The second kappa shape index (κ2) is 9.61. The summed E-state index contributed by atoms with van der Waals surface area (Å²) < 4.78 is 11.2. The van der Waals surface area contributed by atoms with Crippen molar-refractivity contribution in [3.8, 4) is 28.5 Å². The van der Waals surface area contributed by atoms with Gasteiger partial charge in [0, 0.05) is 24.3 Å². The number of aromatic nitrogens is 2. The first kappa shape index (κ1) is 23.4. The van der Waals surface area contributed by atoms with E-state index in [9.17, 15) is 15.0 Å². The molecule has 4 rings (SSSR count). The number of H-pyrrole nitrogens is 1. The lowest BCUT2D eigenvalue weighted by Crippen LogP contribution is -2.31. The fraction of sp³-hybridized carbons (Fsp3) is 0.308. The first-order valence-corrected chi connectivity index (χ1v) is 11.1. The van der Waals surface area contributed by atoms with Crippen molar-refractivity contribution in [3.63, 3.8) is 0 Å². The highest BCUT2D eigenvalue weighted by atomic mass is 16.5. The number of aliphatic hydroxyl groups is 1. The molecule has 0 saturated carbocycles. The van der Waals surface area contributed by atoms with Gasteiger partial charge in [-0.05, 0) is 55.2 Å². The number of amides is 1. The largest absolute Gasteiger partial charge is 0.507 e. The van der Waals surface area contributed by atoms with Crippen LogP contribution in [0.5, 0.6) is 17.2 Å². The van der Waals surface area contributed by atoms with E-state index in [-0.39, 0.29) is 18.3 Å². The van der Waals surface area contributed by atoms with E-state index in [0.29, 0.717) is 53.6 Å². The standard InChI is InChI=1S/C26H29N3O5/c1-5-11-34-19-8-7-17(14-20(19)33-4)24-21-22(18-13-15(2)12-16(3)25(18)31)27-28-23(21)26(32)29(24)9-6-10-30/h5,7-8,12-14,24,30-31H,1,6,9-11H2,2-4H3,(H,27,28). The van der Waals surface area contributed by atoms with Crippen LogP contribution in [-0.4, -0.2) is 58.1 Å². The molecule has 0 aliphatic carbocycles. The number of ether oxygens (including phenoxy) is 2. The van der Waals surface area contributed by atoms with Crippen LogP contribution in [0.4, 0.5) is 0 Å². The Kier molecular flexibility index (Phi) is 6.61. The van der Waals surface area contributed by atoms with Gasteiger partial charge in [0.05, 0.1) is 13.2 Å². The Balaban J connectivity index is 1.88. The van der Waals surface area contributed by atoms with Crippen molar-refractivity contribution in [3.05, 3.63) is 70.9 Å². The van der Waals surface area contributed by atoms with Crippen molar-refractivity contribution in [1.29, 1.82) is 0 Å². The zero-order chi connectivity index (χ0) is 24.4. The van der Waals surface area contributed by atoms with Crippen LogP contribution in [0.3, 0.4) is 0 Å². The molecule has 3 aromatic rings. The van der Waals surface area contributed by atoms with E-state index < -0.39 is 6.04 Å². The molecule has 1 amide bonds. The fourth-order valence-corrected chi connectivity index (χ4v) is 4.48. The maximum Gasteiger partial charge on any atom is 0.273 e. The van der Waals surface area contributed by atoms with E-state index in [4.69, 9.17) is 9.47 Å². The van der Waals surface area contributed by atoms with Crippen LogP contribution >= 0.6 is 0 Å². The molecule has 0 spiro atoms. The number of phenols is 1. The zero-order valence-corrected chi connectivity index (χ0v) is 19.6. The number of fused-ring (bicyclic) bond motifs is 1. The van der Waals surface area contributed by atoms with Gasteiger partial charge in [0.15, 0.2) is 11.5 Å². The van der Waals surface area contributed by atoms with Gasteiger partial charge in [-0.25, -0.2) is 0 Å². The third-order valence-corrected chi connectivity index (χ3v) is 5.98. The molecule has 8 heteroatoms. The van der Waals surface area contributed by atoms with Gasteiger partial charge < -0.3 is 24.6 Å². The molecule has 1 aromatic heterocycles. The Morgan fingerprint density at radius 1 is 1.24 bits per heavy atom. The zero-order valence-electron chi connectivity index (χ0n) is 19.6. The van der Waals surface area contributed by atoms with Crippen molar-refractivity contribution in [1.82, 2.24) is 15.1 Å². The number of hydrogen-bond acceptors (Lipinski definition) is 6. The topological polar surface area (TPSA) is 108 Å². The Labute approximate surface area is 198 Å². The molecule has 0 bridgehead atoms. The number of nitrogens with one attached hydrogen (secondary N) is 1. The highest BCUT2D eigenvalue weighted by molar-refractivity contribution is 6.00. The highest BCUT2D eigenvalue weighted by Crippen LogP contribution is 2.46. The Bertz CT molecular complexity index is 1230. The summed E-state index contributed by atoms with van der Waals surface area (Å²) in [7, 11) is 1.56. The van der Waals surface area contributed by atoms with Gasteiger partial charge in [-0.1, -0.05) is 24.8 Å². The average molecular weight is 464 g/mol. The van der Waals surface area contributed by atoms with E-state index in [0.717, 1.165) is 16.7 Å². The van der Waals surface area contributed by atoms with E-state index in [2.05, 4.69) is 16.8 Å². The lowest BCUT2D eigenvalue weighted by atomic mass is 9.94. The maximum atomic E-state index is 13.4. The van der Waals surface area contributed by atoms with Crippen LogP contribution in [0.2, 0.25) is 0 Å². The molecular formula is C26H29N3O5. The van der Waals surface area contributed by atoms with Gasteiger partial charge >= 0.3 is 0 Å². The Morgan fingerprint density at radius 2 is 2.03 bits per heavy atom. The molecular weight excluding hydrogens is 434 g/mol. The number of methoxy groups -OCH3 is 1. The number of hydrogen-bond donors (Lipinski definition) is 3. The molecule has 3 N–H and O–H groups in total. The van der Waals surface area contributed by atoms with Crippen molar-refractivity contribution in [2.24, 2.45) is 0 Å². The van der Waals surface area contributed by atoms with Crippen LogP contribution in [0, 0.1) is 13.8 Å². The summed E-state index contributed by atoms with van der Waals surface area (Å²) in [5, 5.41) is 27.6. The summed E-state index contributed by atoms with van der Waals surface area (Å²) in [6, 6.07) is 8.81. The van der Waals surface area contributed by atoms with Crippen LogP contribution in [0.25, 0.3) is 11.3 Å². The summed E-state index contributed by atoms with van der Waals surface area (Å²) in [5.41, 5.74) is 4.66. The van der Waals surface area contributed by atoms with Crippen LogP contribution < -0.4 is 9.47 Å². The number of carbonyl (C=O) groups is 1. The number of rotatable bonds is 9. The fourth-order valence-electron chi connectivity index (χ4n) is 4.48. The first-order valence-electron chi connectivity index (χ1n) is 11.1. The normalized spacial score (nSPS) is 14.9. The monoisotopic (exact) mass is 463 g/mol. The van der Waals surface area contributed by atoms with Gasteiger partial charge in [0.25, 0.3) is 5.91 Å². The molecule has 0 fully saturated rings. The molecule has 2 heterocycles.